The zero-order valence-corrected chi connectivity index (χ0v) is 12.5. The Morgan fingerprint density at radius 1 is 1.22 bits per heavy atom. The van der Waals surface area contributed by atoms with Crippen LogP contribution in [0.3, 0.4) is 0 Å². The smallest absolute Gasteiger partial charge is 0.324 e. The second-order valence-corrected chi connectivity index (χ2v) is 5.43. The molecule has 0 aromatic heterocycles. The largest absolute Gasteiger partial charge is 0.326 e. The number of para-hydroxylation sites is 2. The SMILES string of the molecule is C[C@@H]1CC(=O)Nc2ccccc2N1C(=O)Nc1ccc(F)cc1. The minimum absolute atomic E-state index is 0.137. The van der Waals surface area contributed by atoms with Crippen molar-refractivity contribution in [3.05, 3.63) is 54.3 Å². The summed E-state index contributed by atoms with van der Waals surface area (Å²) in [5.74, 6) is -0.506. The van der Waals surface area contributed by atoms with Crippen LogP contribution in [0.2, 0.25) is 0 Å². The summed E-state index contributed by atoms with van der Waals surface area (Å²) in [7, 11) is 0. The highest BCUT2D eigenvalue weighted by atomic mass is 19.1. The maximum atomic E-state index is 13.0. The van der Waals surface area contributed by atoms with Gasteiger partial charge in [-0.2, -0.15) is 0 Å². The Labute approximate surface area is 133 Å². The molecule has 23 heavy (non-hydrogen) atoms. The second-order valence-electron chi connectivity index (χ2n) is 5.43. The van der Waals surface area contributed by atoms with Gasteiger partial charge in [0, 0.05) is 18.2 Å². The van der Waals surface area contributed by atoms with E-state index >= 15 is 0 Å². The van der Waals surface area contributed by atoms with Gasteiger partial charge in [-0.25, -0.2) is 9.18 Å². The van der Waals surface area contributed by atoms with E-state index in [-0.39, 0.29) is 30.2 Å². The molecule has 1 atom stereocenters. The number of anilines is 3. The molecule has 3 amide bonds. The van der Waals surface area contributed by atoms with E-state index in [1.54, 1.807) is 24.3 Å². The summed E-state index contributed by atoms with van der Waals surface area (Å²) in [4.78, 5) is 26.1. The average molecular weight is 313 g/mol. The quantitative estimate of drug-likeness (QED) is 0.845. The molecule has 5 nitrogen and oxygen atoms in total. The normalized spacial score (nSPS) is 17.0. The van der Waals surface area contributed by atoms with Crippen LogP contribution in [-0.4, -0.2) is 18.0 Å². The fourth-order valence-corrected chi connectivity index (χ4v) is 2.61. The predicted molar refractivity (Wildman–Crippen MR) is 87.0 cm³/mol. The summed E-state index contributed by atoms with van der Waals surface area (Å²) in [6, 6.07) is 12.0. The third kappa shape index (κ3) is 3.15. The van der Waals surface area contributed by atoms with Crippen LogP contribution >= 0.6 is 0 Å². The standard InChI is InChI=1S/C17H16FN3O2/c1-11-10-16(22)20-14-4-2-3-5-15(14)21(11)17(23)19-13-8-6-12(18)7-9-13/h2-9,11H,10H2,1H3,(H,19,23)(H,20,22)/t11-/m1/s1. The fraction of sp³-hybridized carbons (Fsp3) is 0.176. The highest BCUT2D eigenvalue weighted by Crippen LogP contribution is 2.31. The Kier molecular flexibility index (Phi) is 3.97. The Hall–Kier alpha value is -2.89. The van der Waals surface area contributed by atoms with E-state index in [4.69, 9.17) is 0 Å². The van der Waals surface area contributed by atoms with Crippen LogP contribution in [0, 0.1) is 5.82 Å². The van der Waals surface area contributed by atoms with Gasteiger partial charge in [-0.1, -0.05) is 12.1 Å². The van der Waals surface area contributed by atoms with Gasteiger partial charge in [0.25, 0.3) is 0 Å². The molecule has 2 N–H and O–H groups in total. The number of hydrogen-bond donors (Lipinski definition) is 2. The van der Waals surface area contributed by atoms with Crippen molar-refractivity contribution in [3.63, 3.8) is 0 Å². The molecular weight excluding hydrogens is 297 g/mol. The number of rotatable bonds is 1. The average Bonchev–Trinajstić information content (AvgIpc) is 2.63. The van der Waals surface area contributed by atoms with Crippen LogP contribution in [0.4, 0.5) is 26.2 Å². The maximum Gasteiger partial charge on any atom is 0.326 e. The van der Waals surface area contributed by atoms with E-state index < -0.39 is 0 Å². The number of halogens is 1. The molecule has 0 unspecified atom stereocenters. The Morgan fingerprint density at radius 3 is 2.65 bits per heavy atom. The molecule has 0 fully saturated rings. The van der Waals surface area contributed by atoms with Gasteiger partial charge in [0.2, 0.25) is 5.91 Å². The van der Waals surface area contributed by atoms with E-state index in [9.17, 15) is 14.0 Å². The first kappa shape index (κ1) is 15.0. The van der Waals surface area contributed by atoms with Crippen molar-refractivity contribution in [1.29, 1.82) is 0 Å². The van der Waals surface area contributed by atoms with Crippen LogP contribution in [0.25, 0.3) is 0 Å². The number of fused-ring (bicyclic) bond motifs is 1. The third-order valence-electron chi connectivity index (χ3n) is 3.67. The van der Waals surface area contributed by atoms with Crippen LogP contribution in [-0.2, 0) is 4.79 Å². The van der Waals surface area contributed by atoms with Crippen molar-refractivity contribution in [2.75, 3.05) is 15.5 Å². The lowest BCUT2D eigenvalue weighted by Crippen LogP contribution is -2.41. The lowest BCUT2D eigenvalue weighted by Gasteiger charge is -2.27. The molecule has 1 aliphatic heterocycles. The monoisotopic (exact) mass is 313 g/mol. The summed E-state index contributed by atoms with van der Waals surface area (Å²) in [6.45, 7) is 1.81. The van der Waals surface area contributed by atoms with E-state index in [1.165, 1.54) is 29.2 Å². The first-order chi connectivity index (χ1) is 11.0. The molecule has 1 aliphatic rings. The number of amides is 3. The second kappa shape index (κ2) is 6.08. The van der Waals surface area contributed by atoms with Crippen molar-refractivity contribution in [2.24, 2.45) is 0 Å². The molecule has 0 aliphatic carbocycles. The summed E-state index contributed by atoms with van der Waals surface area (Å²) < 4.78 is 13.0. The molecule has 2 aromatic carbocycles. The number of carbonyl (C=O) groups is 2. The van der Waals surface area contributed by atoms with Gasteiger partial charge in [-0.05, 0) is 43.3 Å². The van der Waals surface area contributed by atoms with Gasteiger partial charge in [0.1, 0.15) is 5.82 Å². The molecule has 6 heteroatoms. The first-order valence-electron chi connectivity index (χ1n) is 7.29. The number of urea groups is 1. The van der Waals surface area contributed by atoms with Crippen molar-refractivity contribution in [1.82, 2.24) is 0 Å². The molecule has 0 saturated carbocycles. The number of carbonyl (C=O) groups excluding carboxylic acids is 2. The van der Waals surface area contributed by atoms with Crippen molar-refractivity contribution >= 4 is 29.0 Å². The molecule has 0 bridgehead atoms. The first-order valence-corrected chi connectivity index (χ1v) is 7.29. The van der Waals surface area contributed by atoms with Gasteiger partial charge in [0.05, 0.1) is 11.4 Å². The Balaban J connectivity index is 1.91. The molecule has 118 valence electrons. The molecule has 0 saturated heterocycles. The highest BCUT2D eigenvalue weighted by molar-refractivity contribution is 6.08. The van der Waals surface area contributed by atoms with Crippen LogP contribution in [0.15, 0.2) is 48.5 Å². The molecule has 0 spiro atoms. The number of nitrogens with one attached hydrogen (secondary N) is 2. The number of benzene rings is 2. The minimum Gasteiger partial charge on any atom is -0.324 e. The zero-order chi connectivity index (χ0) is 16.4. The van der Waals surface area contributed by atoms with Crippen LogP contribution in [0.5, 0.6) is 0 Å². The summed E-state index contributed by atoms with van der Waals surface area (Å²) in [5.41, 5.74) is 1.71. The van der Waals surface area contributed by atoms with Crippen molar-refractivity contribution in [3.8, 4) is 0 Å². The summed E-state index contributed by atoms with van der Waals surface area (Å²) in [5, 5.41) is 5.53. The molecule has 1 heterocycles. The topological polar surface area (TPSA) is 61.4 Å². The van der Waals surface area contributed by atoms with Gasteiger partial charge in [-0.3, -0.25) is 9.69 Å². The van der Waals surface area contributed by atoms with Gasteiger partial charge in [0.15, 0.2) is 0 Å². The maximum absolute atomic E-state index is 13.0. The van der Waals surface area contributed by atoms with Crippen molar-refractivity contribution < 1.29 is 14.0 Å². The summed E-state index contributed by atoms with van der Waals surface area (Å²) >= 11 is 0. The molecular formula is C17H16FN3O2. The van der Waals surface area contributed by atoms with Crippen LogP contribution in [0.1, 0.15) is 13.3 Å². The summed E-state index contributed by atoms with van der Waals surface area (Å²) in [6.07, 6.45) is 0.200. The van der Waals surface area contributed by atoms with Crippen LogP contribution < -0.4 is 15.5 Å². The van der Waals surface area contributed by atoms with Gasteiger partial charge >= 0.3 is 6.03 Å². The fourth-order valence-electron chi connectivity index (χ4n) is 2.61. The Morgan fingerprint density at radius 2 is 1.91 bits per heavy atom. The van der Waals surface area contributed by atoms with Gasteiger partial charge in [-0.15, -0.1) is 0 Å². The Bertz CT molecular complexity index is 746. The predicted octanol–water partition coefficient (Wildman–Crippen LogP) is 3.59. The van der Waals surface area contributed by atoms with Gasteiger partial charge < -0.3 is 10.6 Å². The van der Waals surface area contributed by atoms with E-state index in [0.717, 1.165) is 0 Å². The van der Waals surface area contributed by atoms with E-state index in [0.29, 0.717) is 17.1 Å². The highest BCUT2D eigenvalue weighted by Gasteiger charge is 2.29. The molecule has 0 radical (unpaired) electrons. The van der Waals surface area contributed by atoms with E-state index in [1.807, 2.05) is 6.92 Å². The molecule has 2 aromatic rings. The number of hydrogen-bond acceptors (Lipinski definition) is 2. The molecule has 3 rings (SSSR count). The lowest BCUT2D eigenvalue weighted by molar-refractivity contribution is -0.116. The van der Waals surface area contributed by atoms with Crippen molar-refractivity contribution in [2.45, 2.75) is 19.4 Å². The zero-order valence-electron chi connectivity index (χ0n) is 12.5. The number of nitrogens with zero attached hydrogens (tertiary/aromatic N) is 1. The minimum atomic E-state index is -0.369. The lowest BCUT2D eigenvalue weighted by atomic mass is 10.2. The third-order valence-corrected chi connectivity index (χ3v) is 3.67. The van der Waals surface area contributed by atoms with E-state index in [2.05, 4.69) is 10.6 Å².